The summed E-state index contributed by atoms with van der Waals surface area (Å²) in [7, 11) is 0. The minimum Gasteiger partial charge on any atom is -0.481 e. The third-order valence-electron chi connectivity index (χ3n) is 4.90. The number of unbranched alkanes of at least 4 members (excludes halogenated alkanes) is 1. The lowest BCUT2D eigenvalue weighted by Crippen LogP contribution is -2.31. The van der Waals surface area contributed by atoms with E-state index in [0.717, 1.165) is 25.7 Å². The van der Waals surface area contributed by atoms with Crippen LogP contribution in [-0.4, -0.2) is 47.3 Å². The van der Waals surface area contributed by atoms with Gasteiger partial charge in [0.25, 0.3) is 0 Å². The molecule has 0 aromatic carbocycles. The summed E-state index contributed by atoms with van der Waals surface area (Å²) in [6.07, 6.45) is 7.71. The van der Waals surface area contributed by atoms with Crippen molar-refractivity contribution < 1.29 is 38.9 Å². The molecule has 0 saturated carbocycles. The van der Waals surface area contributed by atoms with E-state index in [2.05, 4.69) is 0 Å². The van der Waals surface area contributed by atoms with Crippen molar-refractivity contribution >= 4 is 23.9 Å². The van der Waals surface area contributed by atoms with Crippen LogP contribution in [-0.2, 0) is 28.7 Å². The first-order chi connectivity index (χ1) is 15.2. The van der Waals surface area contributed by atoms with Gasteiger partial charge in [-0.1, -0.05) is 40.5 Å². The highest BCUT2D eigenvalue weighted by Crippen LogP contribution is 2.35. The van der Waals surface area contributed by atoms with E-state index in [1.165, 1.54) is 0 Å². The molecular weight excluding hydrogens is 416 g/mol. The van der Waals surface area contributed by atoms with Crippen LogP contribution in [0, 0.1) is 5.41 Å². The molecule has 8 heteroatoms. The molecule has 32 heavy (non-hydrogen) atoms. The molecule has 0 heterocycles. The van der Waals surface area contributed by atoms with Gasteiger partial charge in [-0.2, -0.15) is 0 Å². The van der Waals surface area contributed by atoms with Gasteiger partial charge in [-0.15, -0.1) is 0 Å². The average molecular weight is 461 g/mol. The van der Waals surface area contributed by atoms with Crippen molar-refractivity contribution in [3.8, 4) is 0 Å². The Balaban J connectivity index is 0. The van der Waals surface area contributed by atoms with Gasteiger partial charge >= 0.3 is 23.9 Å². The minimum absolute atomic E-state index is 0.0580. The molecule has 0 atom stereocenters. The summed E-state index contributed by atoms with van der Waals surface area (Å²) in [5.41, 5.74) is -0.709. The van der Waals surface area contributed by atoms with E-state index in [-0.39, 0.29) is 18.4 Å². The van der Waals surface area contributed by atoms with Crippen molar-refractivity contribution in [2.45, 2.75) is 111 Å². The molecule has 8 nitrogen and oxygen atoms in total. The van der Waals surface area contributed by atoms with Gasteiger partial charge in [-0.05, 0) is 51.4 Å². The Kier molecular flexibility index (Phi) is 20.8. The molecule has 0 aromatic heterocycles. The van der Waals surface area contributed by atoms with Crippen LogP contribution in [0.15, 0.2) is 0 Å². The highest BCUT2D eigenvalue weighted by molar-refractivity contribution is 5.74. The Morgan fingerprint density at radius 3 is 1.38 bits per heavy atom. The zero-order valence-electron chi connectivity index (χ0n) is 20.5. The van der Waals surface area contributed by atoms with Gasteiger partial charge in [-0.25, -0.2) is 0 Å². The van der Waals surface area contributed by atoms with Crippen molar-refractivity contribution in [2.24, 2.45) is 5.41 Å². The Morgan fingerprint density at radius 1 is 0.625 bits per heavy atom. The number of hydrogen-bond donors (Lipinski definition) is 2. The maximum absolute atomic E-state index is 11.3. The molecule has 0 aliphatic heterocycles. The Morgan fingerprint density at radius 2 is 1.06 bits per heavy atom. The van der Waals surface area contributed by atoms with Gasteiger partial charge in [0.2, 0.25) is 0 Å². The van der Waals surface area contributed by atoms with Crippen LogP contribution in [0.4, 0.5) is 0 Å². The number of aliphatic carboxylic acids is 2. The summed E-state index contributed by atoms with van der Waals surface area (Å²) in [5, 5.41) is 17.9. The number of esters is 2. The predicted octanol–water partition coefficient (Wildman–Crippen LogP) is 5.37. The van der Waals surface area contributed by atoms with Crippen molar-refractivity contribution in [1.29, 1.82) is 0 Å². The van der Waals surface area contributed by atoms with Gasteiger partial charge in [0, 0.05) is 19.3 Å². The lowest BCUT2D eigenvalue weighted by Gasteiger charge is -2.28. The molecule has 2 N–H and O–H groups in total. The van der Waals surface area contributed by atoms with E-state index in [1.54, 1.807) is 0 Å². The summed E-state index contributed by atoms with van der Waals surface area (Å²) >= 11 is 0. The fourth-order valence-electron chi connectivity index (χ4n) is 3.35. The first kappa shape index (κ1) is 32.1. The van der Waals surface area contributed by atoms with Crippen LogP contribution >= 0.6 is 0 Å². The lowest BCUT2D eigenvalue weighted by molar-refractivity contribution is -0.151. The first-order valence-corrected chi connectivity index (χ1v) is 11.9. The number of carbonyl (C=O) groups excluding carboxylic acids is 2. The Bertz CT molecular complexity index is 502. The molecule has 0 aliphatic rings. The monoisotopic (exact) mass is 460 g/mol. The smallest absolute Gasteiger partial charge is 0.309 e. The SMILES string of the molecule is CCCC(CCC)(CCCC(=O)O)C(=O)O.CCCOC(=O)CCCCC(=O)OCCC. The highest BCUT2D eigenvalue weighted by Gasteiger charge is 2.36. The van der Waals surface area contributed by atoms with Crippen molar-refractivity contribution in [2.75, 3.05) is 13.2 Å². The fourth-order valence-corrected chi connectivity index (χ4v) is 3.35. The number of carboxylic acid groups (broad SMARTS) is 2. The molecule has 0 unspecified atom stereocenters. The zero-order valence-corrected chi connectivity index (χ0v) is 20.5. The number of carboxylic acids is 2. The molecule has 0 amide bonds. The fraction of sp³-hybridized carbons (Fsp3) is 0.833. The van der Waals surface area contributed by atoms with E-state index in [0.29, 0.717) is 64.6 Å². The van der Waals surface area contributed by atoms with E-state index < -0.39 is 17.4 Å². The van der Waals surface area contributed by atoms with Crippen molar-refractivity contribution in [3.05, 3.63) is 0 Å². The zero-order chi connectivity index (χ0) is 24.8. The van der Waals surface area contributed by atoms with Gasteiger partial charge in [0.15, 0.2) is 0 Å². The average Bonchev–Trinajstić information content (AvgIpc) is 2.74. The lowest BCUT2D eigenvalue weighted by atomic mass is 9.75. The summed E-state index contributed by atoms with van der Waals surface area (Å²) < 4.78 is 9.82. The molecule has 0 radical (unpaired) electrons. The van der Waals surface area contributed by atoms with E-state index >= 15 is 0 Å². The predicted molar refractivity (Wildman–Crippen MR) is 122 cm³/mol. The van der Waals surface area contributed by atoms with Crippen LogP contribution in [0.2, 0.25) is 0 Å². The Hall–Kier alpha value is -2.12. The largest absolute Gasteiger partial charge is 0.481 e. The number of carbonyl (C=O) groups is 4. The summed E-state index contributed by atoms with van der Waals surface area (Å²) in [4.78, 5) is 43.9. The molecule has 0 rings (SSSR count). The molecule has 0 aliphatic carbocycles. The standard InChI is InChI=1S/2C12H22O4/c1-3-9-15-11(13)7-5-6-8-12(14)16-10-4-2;1-3-7-12(8-4-2,11(15)16)9-5-6-10(13)14/h3-10H2,1-2H3;3-9H2,1-2H3,(H,13,14)(H,15,16). The van der Waals surface area contributed by atoms with Crippen LogP contribution in [0.1, 0.15) is 111 Å². The molecule has 0 saturated heterocycles. The topological polar surface area (TPSA) is 127 Å². The van der Waals surface area contributed by atoms with E-state index in [1.807, 2.05) is 27.7 Å². The summed E-state index contributed by atoms with van der Waals surface area (Å²) in [6, 6.07) is 0. The van der Waals surface area contributed by atoms with Crippen molar-refractivity contribution in [1.82, 2.24) is 0 Å². The van der Waals surface area contributed by atoms with Crippen LogP contribution in [0.25, 0.3) is 0 Å². The van der Waals surface area contributed by atoms with Gasteiger partial charge in [0.05, 0.1) is 18.6 Å². The normalized spacial score (nSPS) is 10.6. The van der Waals surface area contributed by atoms with Gasteiger partial charge < -0.3 is 19.7 Å². The van der Waals surface area contributed by atoms with Crippen LogP contribution in [0.3, 0.4) is 0 Å². The second-order valence-corrected chi connectivity index (χ2v) is 7.98. The third kappa shape index (κ3) is 17.5. The van der Waals surface area contributed by atoms with Crippen LogP contribution < -0.4 is 0 Å². The number of rotatable bonds is 18. The molecule has 0 aromatic rings. The third-order valence-corrected chi connectivity index (χ3v) is 4.90. The second-order valence-electron chi connectivity index (χ2n) is 7.98. The highest BCUT2D eigenvalue weighted by atomic mass is 16.5. The minimum atomic E-state index is -0.854. The molecular formula is C24H44O8. The summed E-state index contributed by atoms with van der Waals surface area (Å²) in [6.45, 7) is 8.80. The van der Waals surface area contributed by atoms with E-state index in [9.17, 15) is 24.3 Å². The second kappa shape index (κ2) is 20.8. The maximum atomic E-state index is 11.3. The van der Waals surface area contributed by atoms with Gasteiger partial charge in [-0.3, -0.25) is 19.2 Å². The molecule has 0 fully saturated rings. The van der Waals surface area contributed by atoms with Gasteiger partial charge in [0.1, 0.15) is 0 Å². The van der Waals surface area contributed by atoms with E-state index in [4.69, 9.17) is 14.6 Å². The van der Waals surface area contributed by atoms with Crippen molar-refractivity contribution in [3.63, 3.8) is 0 Å². The van der Waals surface area contributed by atoms with Crippen LogP contribution in [0.5, 0.6) is 0 Å². The summed E-state index contributed by atoms with van der Waals surface area (Å²) in [5.74, 6) is -1.98. The first-order valence-electron chi connectivity index (χ1n) is 11.9. The maximum Gasteiger partial charge on any atom is 0.309 e. The molecule has 188 valence electrons. The number of hydrogen-bond acceptors (Lipinski definition) is 6. The quantitative estimate of drug-likeness (QED) is 0.206. The Labute approximate surface area is 193 Å². The number of ether oxygens (including phenoxy) is 2. The molecule has 0 bridgehead atoms. The molecule has 0 spiro atoms.